The van der Waals surface area contributed by atoms with Crippen LogP contribution >= 0.6 is 0 Å². The van der Waals surface area contributed by atoms with Crippen molar-refractivity contribution in [3.05, 3.63) is 77.6 Å². The lowest BCUT2D eigenvalue weighted by Gasteiger charge is -2.28. The fraction of sp³-hybridized carbons (Fsp3) is 0.320. The predicted molar refractivity (Wildman–Crippen MR) is 130 cm³/mol. The van der Waals surface area contributed by atoms with Crippen LogP contribution in [0.5, 0.6) is 0 Å². The van der Waals surface area contributed by atoms with Gasteiger partial charge in [-0.1, -0.05) is 48.0 Å². The Labute approximate surface area is 198 Å². The largest absolute Gasteiger partial charge is 0.449 e. The van der Waals surface area contributed by atoms with Crippen LogP contribution in [0.2, 0.25) is 0 Å². The number of nitrogens with zero attached hydrogens (tertiary/aromatic N) is 5. The van der Waals surface area contributed by atoms with Crippen LogP contribution in [-0.2, 0) is 22.4 Å². The molecule has 0 unspecified atom stereocenters. The summed E-state index contributed by atoms with van der Waals surface area (Å²) >= 11 is 0. The molecule has 0 aliphatic carbocycles. The fourth-order valence-corrected chi connectivity index (χ4v) is 3.50. The van der Waals surface area contributed by atoms with Gasteiger partial charge in [-0.25, -0.2) is 14.8 Å². The van der Waals surface area contributed by atoms with Crippen molar-refractivity contribution in [2.24, 2.45) is 10.2 Å². The molecule has 1 aliphatic heterocycles. The van der Waals surface area contributed by atoms with Crippen LogP contribution in [0.15, 0.2) is 70.9 Å². The number of aryl methyl sites for hydroxylation is 1. The van der Waals surface area contributed by atoms with Crippen LogP contribution in [0.4, 0.5) is 22.1 Å². The third-order valence-electron chi connectivity index (χ3n) is 5.17. The molecule has 1 N–H and O–H groups in total. The van der Waals surface area contributed by atoms with Crippen molar-refractivity contribution < 1.29 is 14.3 Å². The van der Waals surface area contributed by atoms with Gasteiger partial charge < -0.3 is 14.4 Å². The number of ether oxygens (including phenoxy) is 2. The fourth-order valence-electron chi connectivity index (χ4n) is 3.50. The SMILES string of the molecule is Cc1cccc(CN=Nc2cc(N3CCOCC3)nc(CCOC(=O)Nc3ccccc3)n2)c1. The third kappa shape index (κ3) is 7.08. The van der Waals surface area contributed by atoms with Crippen molar-refractivity contribution in [2.45, 2.75) is 19.9 Å². The summed E-state index contributed by atoms with van der Waals surface area (Å²) in [7, 11) is 0. The van der Waals surface area contributed by atoms with Crippen LogP contribution in [0, 0.1) is 6.92 Å². The lowest BCUT2D eigenvalue weighted by atomic mass is 10.1. The minimum absolute atomic E-state index is 0.144. The number of carbonyl (C=O) groups excluding carboxylic acids is 1. The van der Waals surface area contributed by atoms with E-state index in [1.165, 1.54) is 5.56 Å². The van der Waals surface area contributed by atoms with Crippen LogP contribution in [0.25, 0.3) is 0 Å². The van der Waals surface area contributed by atoms with Crippen LogP contribution in [-0.4, -0.2) is 49.0 Å². The highest BCUT2D eigenvalue weighted by Crippen LogP contribution is 2.20. The molecule has 1 amide bonds. The molecule has 2 heterocycles. The summed E-state index contributed by atoms with van der Waals surface area (Å²) < 4.78 is 10.8. The average Bonchev–Trinajstić information content (AvgIpc) is 2.85. The molecule has 1 aromatic heterocycles. The average molecular weight is 461 g/mol. The smallest absolute Gasteiger partial charge is 0.411 e. The minimum Gasteiger partial charge on any atom is -0.449 e. The topological polar surface area (TPSA) is 101 Å². The summed E-state index contributed by atoms with van der Waals surface area (Å²) in [5, 5.41) is 11.4. The van der Waals surface area contributed by atoms with E-state index in [2.05, 4.69) is 36.5 Å². The van der Waals surface area contributed by atoms with Gasteiger partial charge in [0.25, 0.3) is 0 Å². The zero-order chi connectivity index (χ0) is 23.6. The van der Waals surface area contributed by atoms with Gasteiger partial charge in [-0.2, -0.15) is 5.11 Å². The molecule has 0 bridgehead atoms. The molecular formula is C25H28N6O3. The Kier molecular flexibility index (Phi) is 8.13. The molecule has 2 aromatic carbocycles. The molecular weight excluding hydrogens is 432 g/mol. The zero-order valence-electron chi connectivity index (χ0n) is 19.2. The van der Waals surface area contributed by atoms with Gasteiger partial charge in [-0.3, -0.25) is 5.32 Å². The second-order valence-electron chi connectivity index (χ2n) is 7.87. The maximum Gasteiger partial charge on any atom is 0.411 e. The normalized spacial score (nSPS) is 13.7. The molecule has 1 saturated heterocycles. The van der Waals surface area contributed by atoms with E-state index in [1.807, 2.05) is 49.4 Å². The Morgan fingerprint density at radius 1 is 1.09 bits per heavy atom. The first-order valence-electron chi connectivity index (χ1n) is 11.3. The monoisotopic (exact) mass is 460 g/mol. The number of morpholine rings is 1. The van der Waals surface area contributed by atoms with E-state index in [1.54, 1.807) is 12.1 Å². The van der Waals surface area contributed by atoms with E-state index in [9.17, 15) is 4.79 Å². The number of rotatable bonds is 8. The second-order valence-corrected chi connectivity index (χ2v) is 7.87. The molecule has 9 heteroatoms. The van der Waals surface area contributed by atoms with Gasteiger partial charge in [0.2, 0.25) is 0 Å². The maximum atomic E-state index is 12.1. The highest BCUT2D eigenvalue weighted by Gasteiger charge is 2.15. The molecule has 0 saturated carbocycles. The molecule has 176 valence electrons. The number of aromatic nitrogens is 2. The first-order valence-corrected chi connectivity index (χ1v) is 11.3. The van der Waals surface area contributed by atoms with E-state index in [4.69, 9.17) is 9.47 Å². The molecule has 0 atom stereocenters. The number of amides is 1. The van der Waals surface area contributed by atoms with Crippen molar-refractivity contribution in [1.82, 2.24) is 9.97 Å². The Morgan fingerprint density at radius 3 is 2.71 bits per heavy atom. The standard InChI is InChI=1S/C25H28N6O3/c1-19-6-5-7-20(16-19)18-26-30-23-17-24(31-11-14-33-15-12-31)29-22(28-23)10-13-34-25(32)27-21-8-3-2-4-9-21/h2-9,16-17H,10-15,18H2,1H3,(H,27,32). The van der Waals surface area contributed by atoms with E-state index < -0.39 is 6.09 Å². The number of anilines is 2. The minimum atomic E-state index is -0.520. The van der Waals surface area contributed by atoms with Gasteiger partial charge in [0.05, 0.1) is 19.8 Å². The van der Waals surface area contributed by atoms with Crippen molar-refractivity contribution in [3.63, 3.8) is 0 Å². The van der Waals surface area contributed by atoms with E-state index in [0.29, 0.717) is 43.5 Å². The van der Waals surface area contributed by atoms with Crippen molar-refractivity contribution in [3.8, 4) is 0 Å². The van der Waals surface area contributed by atoms with Gasteiger partial charge in [0.15, 0.2) is 5.82 Å². The van der Waals surface area contributed by atoms with E-state index in [0.717, 1.165) is 24.5 Å². The summed E-state index contributed by atoms with van der Waals surface area (Å²) in [6.45, 7) is 5.44. The Balaban J connectivity index is 1.41. The van der Waals surface area contributed by atoms with Gasteiger partial charge in [0, 0.05) is 31.3 Å². The molecule has 1 aliphatic rings. The lowest BCUT2D eigenvalue weighted by Crippen LogP contribution is -2.37. The second kappa shape index (κ2) is 11.9. The highest BCUT2D eigenvalue weighted by atomic mass is 16.5. The molecule has 0 spiro atoms. The summed E-state index contributed by atoms with van der Waals surface area (Å²) in [6, 6.07) is 19.2. The third-order valence-corrected chi connectivity index (χ3v) is 5.17. The van der Waals surface area contributed by atoms with Crippen molar-refractivity contribution in [1.29, 1.82) is 0 Å². The first kappa shape index (κ1) is 23.3. The Hall–Kier alpha value is -3.85. The number of hydrogen-bond donors (Lipinski definition) is 1. The quantitative estimate of drug-likeness (QED) is 0.489. The summed E-state index contributed by atoms with van der Waals surface area (Å²) in [5.74, 6) is 1.79. The van der Waals surface area contributed by atoms with Crippen molar-refractivity contribution >= 4 is 23.4 Å². The Morgan fingerprint density at radius 2 is 1.91 bits per heavy atom. The maximum absolute atomic E-state index is 12.1. The number of nitrogens with one attached hydrogen (secondary N) is 1. The number of azo groups is 1. The zero-order valence-corrected chi connectivity index (χ0v) is 19.2. The van der Waals surface area contributed by atoms with Gasteiger partial charge >= 0.3 is 6.09 Å². The molecule has 0 radical (unpaired) electrons. The molecule has 3 aromatic rings. The number of hydrogen-bond acceptors (Lipinski definition) is 8. The highest BCUT2D eigenvalue weighted by molar-refractivity contribution is 5.84. The molecule has 9 nitrogen and oxygen atoms in total. The Bertz CT molecular complexity index is 1120. The predicted octanol–water partition coefficient (Wildman–Crippen LogP) is 4.70. The van der Waals surface area contributed by atoms with E-state index in [-0.39, 0.29) is 6.61 Å². The van der Waals surface area contributed by atoms with Gasteiger partial charge in [-0.15, -0.1) is 5.11 Å². The summed E-state index contributed by atoms with van der Waals surface area (Å²) in [5.41, 5.74) is 2.95. The van der Waals surface area contributed by atoms with Crippen LogP contribution in [0.3, 0.4) is 0 Å². The number of para-hydroxylation sites is 1. The molecule has 34 heavy (non-hydrogen) atoms. The number of benzene rings is 2. The summed E-state index contributed by atoms with van der Waals surface area (Å²) in [4.78, 5) is 23.4. The first-order chi connectivity index (χ1) is 16.7. The lowest BCUT2D eigenvalue weighted by molar-refractivity contribution is 0.122. The number of carbonyl (C=O) groups is 1. The van der Waals surface area contributed by atoms with Crippen LogP contribution < -0.4 is 10.2 Å². The summed E-state index contributed by atoms with van der Waals surface area (Å²) in [6.07, 6.45) is -0.158. The van der Waals surface area contributed by atoms with Crippen LogP contribution in [0.1, 0.15) is 17.0 Å². The van der Waals surface area contributed by atoms with Crippen molar-refractivity contribution in [2.75, 3.05) is 43.1 Å². The van der Waals surface area contributed by atoms with Gasteiger partial charge in [-0.05, 0) is 24.6 Å². The van der Waals surface area contributed by atoms with Gasteiger partial charge in [0.1, 0.15) is 18.2 Å². The molecule has 1 fully saturated rings. The molecule has 4 rings (SSSR count). The van der Waals surface area contributed by atoms with E-state index >= 15 is 0 Å².